The first-order valence-corrected chi connectivity index (χ1v) is 8.26. The van der Waals surface area contributed by atoms with Gasteiger partial charge in [0.05, 0.1) is 13.2 Å². The molecule has 0 spiro atoms. The molecule has 1 atom stereocenters. The maximum absolute atomic E-state index is 12.8. The highest BCUT2D eigenvalue weighted by Crippen LogP contribution is 2.45. The monoisotopic (exact) mass is 464 g/mol. The maximum atomic E-state index is 12.8. The highest BCUT2D eigenvalue weighted by Gasteiger charge is 2.43. The molecule has 0 bridgehead atoms. The molecule has 1 saturated heterocycles. The third kappa shape index (κ3) is 5.62. The van der Waals surface area contributed by atoms with Gasteiger partial charge in [0.1, 0.15) is 6.04 Å². The molecule has 9 heteroatoms. The average molecular weight is 464 g/mol. The first-order valence-electron chi connectivity index (χ1n) is 8.26. The summed E-state index contributed by atoms with van der Waals surface area (Å²) in [6.45, 7) is 6.41. The number of halogens is 4. The normalized spacial score (nSPS) is 22.8. The summed E-state index contributed by atoms with van der Waals surface area (Å²) in [7, 11) is 0. The Morgan fingerprint density at radius 1 is 1.25 bits per heavy atom. The van der Waals surface area contributed by atoms with E-state index >= 15 is 0 Å². The molecule has 0 aromatic heterocycles. The summed E-state index contributed by atoms with van der Waals surface area (Å²) in [6.07, 6.45) is -2.20. The Morgan fingerprint density at radius 3 is 2.25 bits per heavy atom. The van der Waals surface area contributed by atoms with Crippen molar-refractivity contribution in [1.29, 1.82) is 0 Å². The molecule has 2 aliphatic rings. The summed E-state index contributed by atoms with van der Waals surface area (Å²) in [6, 6.07) is -1.41. The van der Waals surface area contributed by atoms with Gasteiger partial charge in [-0.15, -0.1) is 24.0 Å². The van der Waals surface area contributed by atoms with Gasteiger partial charge in [-0.2, -0.15) is 13.2 Å². The number of nitrogens with one attached hydrogen (secondary N) is 1. The van der Waals surface area contributed by atoms with Crippen molar-refractivity contribution < 1.29 is 18.3 Å². The highest BCUT2D eigenvalue weighted by atomic mass is 127. The van der Waals surface area contributed by atoms with Crippen LogP contribution < -0.4 is 5.32 Å². The van der Waals surface area contributed by atoms with Crippen molar-refractivity contribution in [3.05, 3.63) is 0 Å². The number of nitrogens with zero attached hydrogens (tertiary/aromatic N) is 3. The van der Waals surface area contributed by atoms with E-state index in [0.717, 1.165) is 18.8 Å². The van der Waals surface area contributed by atoms with Crippen LogP contribution in [0.15, 0.2) is 4.99 Å². The van der Waals surface area contributed by atoms with E-state index < -0.39 is 12.2 Å². The van der Waals surface area contributed by atoms with Gasteiger partial charge in [0.25, 0.3) is 0 Å². The second-order valence-electron chi connectivity index (χ2n) is 6.57. The van der Waals surface area contributed by atoms with E-state index in [1.165, 1.54) is 11.8 Å². The van der Waals surface area contributed by atoms with Crippen molar-refractivity contribution in [3.63, 3.8) is 0 Å². The molecular formula is C15H28F3IN4O. The lowest BCUT2D eigenvalue weighted by Crippen LogP contribution is -2.56. The fraction of sp³-hybridized carbons (Fsp3) is 0.933. The minimum Gasteiger partial charge on any atom is -0.396 e. The van der Waals surface area contributed by atoms with Crippen molar-refractivity contribution >= 4 is 29.9 Å². The van der Waals surface area contributed by atoms with E-state index in [1.54, 1.807) is 0 Å². The molecule has 1 aliphatic carbocycles. The fourth-order valence-corrected chi connectivity index (χ4v) is 2.74. The van der Waals surface area contributed by atoms with Crippen LogP contribution in [-0.4, -0.2) is 79.0 Å². The summed E-state index contributed by atoms with van der Waals surface area (Å²) >= 11 is 0. The van der Waals surface area contributed by atoms with Crippen molar-refractivity contribution in [2.24, 2.45) is 10.4 Å². The first kappa shape index (κ1) is 21.8. The van der Waals surface area contributed by atoms with Crippen LogP contribution in [-0.2, 0) is 0 Å². The number of hydrogen-bond acceptors (Lipinski definition) is 3. The van der Waals surface area contributed by atoms with Crippen LogP contribution in [0.2, 0.25) is 0 Å². The molecule has 1 heterocycles. The van der Waals surface area contributed by atoms with Gasteiger partial charge >= 0.3 is 6.18 Å². The van der Waals surface area contributed by atoms with Crippen molar-refractivity contribution in [3.8, 4) is 0 Å². The molecule has 2 N–H and O–H groups in total. The maximum Gasteiger partial charge on any atom is 0.403 e. The van der Waals surface area contributed by atoms with E-state index in [2.05, 4.69) is 10.3 Å². The number of alkyl halides is 3. The van der Waals surface area contributed by atoms with Gasteiger partial charge in [0.15, 0.2) is 5.96 Å². The highest BCUT2D eigenvalue weighted by molar-refractivity contribution is 14.0. The van der Waals surface area contributed by atoms with Crippen LogP contribution in [0.3, 0.4) is 0 Å². The zero-order valence-electron chi connectivity index (χ0n) is 14.3. The van der Waals surface area contributed by atoms with E-state index in [1.807, 2.05) is 11.8 Å². The van der Waals surface area contributed by atoms with Gasteiger partial charge in [-0.05, 0) is 26.7 Å². The number of guanidine groups is 1. The van der Waals surface area contributed by atoms with E-state index in [9.17, 15) is 18.3 Å². The molecule has 2 rings (SSSR count). The number of hydrogen-bond donors (Lipinski definition) is 2. The van der Waals surface area contributed by atoms with Gasteiger partial charge in [-0.25, -0.2) is 0 Å². The molecule has 0 aromatic carbocycles. The third-order valence-corrected chi connectivity index (χ3v) is 4.83. The molecular weight excluding hydrogens is 436 g/mol. The van der Waals surface area contributed by atoms with Crippen LogP contribution in [0, 0.1) is 5.41 Å². The van der Waals surface area contributed by atoms with Crippen molar-refractivity contribution in [2.45, 2.75) is 38.9 Å². The molecule has 2 fully saturated rings. The number of aliphatic imine (C=N–C) groups is 1. The quantitative estimate of drug-likeness (QED) is 0.371. The lowest BCUT2D eigenvalue weighted by atomic mass is 10.1. The third-order valence-electron chi connectivity index (χ3n) is 4.83. The average Bonchev–Trinajstić information content (AvgIpc) is 3.30. The van der Waals surface area contributed by atoms with E-state index in [0.29, 0.717) is 39.3 Å². The van der Waals surface area contributed by atoms with Crippen LogP contribution in [0.25, 0.3) is 0 Å². The summed E-state index contributed by atoms with van der Waals surface area (Å²) in [5, 5.41) is 12.6. The SMILES string of the molecule is CCNC(=NCC1(CO)CC1)N1CCN(C(C)C(F)(F)F)CC1.I. The van der Waals surface area contributed by atoms with Gasteiger partial charge in [0, 0.05) is 38.1 Å². The molecule has 24 heavy (non-hydrogen) atoms. The van der Waals surface area contributed by atoms with Crippen LogP contribution >= 0.6 is 24.0 Å². The van der Waals surface area contributed by atoms with Crippen LogP contribution in [0.4, 0.5) is 13.2 Å². The largest absolute Gasteiger partial charge is 0.403 e. The Kier molecular flexibility index (Phi) is 8.05. The zero-order valence-corrected chi connectivity index (χ0v) is 16.6. The number of aliphatic hydroxyl groups excluding tert-OH is 1. The Labute approximate surface area is 158 Å². The minimum atomic E-state index is -4.18. The lowest BCUT2D eigenvalue weighted by molar-refractivity contribution is -0.181. The second-order valence-corrected chi connectivity index (χ2v) is 6.57. The van der Waals surface area contributed by atoms with Gasteiger partial charge < -0.3 is 15.3 Å². The van der Waals surface area contributed by atoms with Gasteiger partial charge in [-0.1, -0.05) is 0 Å². The Morgan fingerprint density at radius 2 is 1.83 bits per heavy atom. The molecule has 1 unspecified atom stereocenters. The molecule has 0 radical (unpaired) electrons. The number of rotatable bonds is 5. The topological polar surface area (TPSA) is 51.1 Å². The van der Waals surface area contributed by atoms with E-state index in [-0.39, 0.29) is 36.0 Å². The Balaban J connectivity index is 0.00000288. The molecule has 1 aliphatic heterocycles. The van der Waals surface area contributed by atoms with Crippen molar-refractivity contribution in [2.75, 3.05) is 45.9 Å². The molecule has 0 amide bonds. The van der Waals surface area contributed by atoms with Crippen molar-refractivity contribution in [1.82, 2.24) is 15.1 Å². The molecule has 1 saturated carbocycles. The Bertz CT molecular complexity index is 421. The first-order chi connectivity index (χ1) is 10.8. The number of aliphatic hydroxyl groups is 1. The van der Waals surface area contributed by atoms with Gasteiger partial charge in [-0.3, -0.25) is 9.89 Å². The summed E-state index contributed by atoms with van der Waals surface area (Å²) in [4.78, 5) is 8.07. The summed E-state index contributed by atoms with van der Waals surface area (Å²) < 4.78 is 38.4. The summed E-state index contributed by atoms with van der Waals surface area (Å²) in [5.41, 5.74) is -0.0622. The molecule has 5 nitrogen and oxygen atoms in total. The predicted molar refractivity (Wildman–Crippen MR) is 98.8 cm³/mol. The Hall–Kier alpha value is -0.290. The standard InChI is InChI=1S/C15H27F3N4O.HI/c1-3-19-13(20-10-14(11-23)4-5-14)22-8-6-21(7-9-22)12(2)15(16,17)18;/h12,23H,3-11H2,1-2H3,(H,19,20);1H. The van der Waals surface area contributed by atoms with Gasteiger partial charge in [0.2, 0.25) is 0 Å². The van der Waals surface area contributed by atoms with E-state index in [4.69, 9.17) is 0 Å². The number of piperazine rings is 1. The minimum absolute atomic E-state index is 0. The molecule has 142 valence electrons. The lowest BCUT2D eigenvalue weighted by Gasteiger charge is -2.39. The second kappa shape index (κ2) is 8.88. The van der Waals surface area contributed by atoms with Crippen LogP contribution in [0.5, 0.6) is 0 Å². The smallest absolute Gasteiger partial charge is 0.396 e. The van der Waals surface area contributed by atoms with Crippen LogP contribution in [0.1, 0.15) is 26.7 Å². The summed E-state index contributed by atoms with van der Waals surface area (Å²) in [5.74, 6) is 0.742. The molecule has 0 aromatic rings. The predicted octanol–water partition coefficient (Wildman–Crippen LogP) is 1.91. The zero-order chi connectivity index (χ0) is 17.1. The fourth-order valence-electron chi connectivity index (χ4n) is 2.74.